The number of nitrogen functional groups attached to an aromatic ring is 1. The second-order valence-electron chi connectivity index (χ2n) is 4.85. The maximum atomic E-state index is 12.4. The predicted octanol–water partition coefficient (Wildman–Crippen LogP) is 1.92. The molecule has 20 heavy (non-hydrogen) atoms. The van der Waals surface area contributed by atoms with Gasteiger partial charge in [0, 0.05) is 11.3 Å². The van der Waals surface area contributed by atoms with Crippen LogP contribution < -0.4 is 16.0 Å². The van der Waals surface area contributed by atoms with Crippen LogP contribution in [0.15, 0.2) is 29.2 Å². The maximum Gasteiger partial charge on any atom is 0.242 e. The lowest BCUT2D eigenvalue weighted by Crippen LogP contribution is -2.33. The van der Waals surface area contributed by atoms with E-state index in [0.717, 1.165) is 25.0 Å². The van der Waals surface area contributed by atoms with Crippen molar-refractivity contribution in [2.24, 2.45) is 5.84 Å². The van der Waals surface area contributed by atoms with E-state index in [1.165, 1.54) is 0 Å². The number of hydrogen-bond donors (Lipinski definition) is 3. The molecule has 1 fully saturated rings. The first-order valence-electron chi connectivity index (χ1n) is 6.76. The van der Waals surface area contributed by atoms with Crippen LogP contribution in [0, 0.1) is 0 Å². The Bertz CT molecular complexity index is 548. The monoisotopic (exact) mass is 315 g/mol. The van der Waals surface area contributed by atoms with Crippen LogP contribution in [0.25, 0.3) is 0 Å². The Labute approximate surface area is 124 Å². The normalized spacial score (nSPS) is 22.9. The van der Waals surface area contributed by atoms with Gasteiger partial charge in [0.25, 0.3) is 0 Å². The van der Waals surface area contributed by atoms with Crippen molar-refractivity contribution in [1.29, 1.82) is 0 Å². The second-order valence-corrected chi connectivity index (χ2v) is 8.11. The maximum absolute atomic E-state index is 12.4. The van der Waals surface area contributed by atoms with Gasteiger partial charge in [-0.1, -0.05) is 19.1 Å². The number of para-hydroxylation sites is 1. The molecule has 4 N–H and O–H groups in total. The lowest BCUT2D eigenvalue weighted by Gasteiger charge is -2.15. The van der Waals surface area contributed by atoms with Crippen molar-refractivity contribution in [3.63, 3.8) is 0 Å². The van der Waals surface area contributed by atoms with Gasteiger partial charge in [-0.2, -0.15) is 11.8 Å². The quantitative estimate of drug-likeness (QED) is 0.552. The Kier molecular flexibility index (Phi) is 5.31. The molecule has 112 valence electrons. The first-order chi connectivity index (χ1) is 9.56. The fourth-order valence-electron chi connectivity index (χ4n) is 2.54. The smallest absolute Gasteiger partial charge is 0.242 e. The zero-order chi connectivity index (χ0) is 14.6. The van der Waals surface area contributed by atoms with E-state index in [2.05, 4.69) is 17.1 Å². The third-order valence-electron chi connectivity index (χ3n) is 3.44. The van der Waals surface area contributed by atoms with Crippen molar-refractivity contribution in [2.45, 2.75) is 42.4 Å². The minimum absolute atomic E-state index is 0.0230. The Morgan fingerprint density at radius 1 is 1.35 bits per heavy atom. The van der Waals surface area contributed by atoms with Crippen LogP contribution in [0.1, 0.15) is 26.2 Å². The highest BCUT2D eigenvalue weighted by Gasteiger charge is 2.29. The van der Waals surface area contributed by atoms with Crippen LogP contribution in [-0.2, 0) is 10.0 Å². The molecule has 0 heterocycles. The lowest BCUT2D eigenvalue weighted by atomic mass is 10.3. The van der Waals surface area contributed by atoms with Gasteiger partial charge in [-0.25, -0.2) is 13.1 Å². The third-order valence-corrected chi connectivity index (χ3v) is 6.25. The SMILES string of the molecule is CCSC1CCC(NS(=O)(=O)c2ccccc2NN)C1. The molecule has 0 amide bonds. The molecule has 0 aromatic heterocycles. The zero-order valence-electron chi connectivity index (χ0n) is 11.5. The summed E-state index contributed by atoms with van der Waals surface area (Å²) in [6, 6.07) is 6.68. The molecule has 1 aromatic carbocycles. The predicted molar refractivity (Wildman–Crippen MR) is 84.1 cm³/mol. The van der Waals surface area contributed by atoms with Gasteiger partial charge >= 0.3 is 0 Å². The third kappa shape index (κ3) is 3.66. The van der Waals surface area contributed by atoms with Crippen molar-refractivity contribution in [1.82, 2.24) is 4.72 Å². The minimum Gasteiger partial charge on any atom is -0.323 e. The Balaban J connectivity index is 2.08. The average Bonchev–Trinajstić information content (AvgIpc) is 2.85. The molecule has 1 aromatic rings. The summed E-state index contributed by atoms with van der Waals surface area (Å²) in [6.45, 7) is 2.13. The number of thioether (sulfide) groups is 1. The van der Waals surface area contributed by atoms with Gasteiger partial charge in [-0.3, -0.25) is 5.84 Å². The number of sulfonamides is 1. The summed E-state index contributed by atoms with van der Waals surface area (Å²) in [5.74, 6) is 6.45. The van der Waals surface area contributed by atoms with Gasteiger partial charge in [-0.05, 0) is 37.1 Å². The lowest BCUT2D eigenvalue weighted by molar-refractivity contribution is 0.553. The summed E-state index contributed by atoms with van der Waals surface area (Å²) in [5, 5.41) is 0.565. The molecule has 2 unspecified atom stereocenters. The van der Waals surface area contributed by atoms with E-state index < -0.39 is 10.0 Å². The van der Waals surface area contributed by atoms with Gasteiger partial charge in [0.05, 0.1) is 5.69 Å². The zero-order valence-corrected chi connectivity index (χ0v) is 13.1. The summed E-state index contributed by atoms with van der Waals surface area (Å²) in [6.07, 6.45) is 2.87. The van der Waals surface area contributed by atoms with Crippen LogP contribution in [0.2, 0.25) is 0 Å². The standard InChI is InChI=1S/C13H21N3O2S2/c1-2-19-11-8-7-10(9-11)16-20(17,18)13-6-4-3-5-12(13)15-14/h3-6,10-11,15-16H,2,7-9,14H2,1H3. The minimum atomic E-state index is -3.53. The van der Waals surface area contributed by atoms with Crippen molar-refractivity contribution >= 4 is 27.5 Å². The van der Waals surface area contributed by atoms with E-state index in [-0.39, 0.29) is 10.9 Å². The highest BCUT2D eigenvalue weighted by atomic mass is 32.2. The largest absolute Gasteiger partial charge is 0.323 e. The average molecular weight is 315 g/mol. The highest BCUT2D eigenvalue weighted by Crippen LogP contribution is 2.31. The molecule has 5 nitrogen and oxygen atoms in total. The van der Waals surface area contributed by atoms with Gasteiger partial charge in [0.1, 0.15) is 4.90 Å². The number of nitrogens with one attached hydrogen (secondary N) is 2. The number of hydrogen-bond acceptors (Lipinski definition) is 5. The first kappa shape index (κ1) is 15.6. The number of rotatable bonds is 6. The number of anilines is 1. The fraction of sp³-hybridized carbons (Fsp3) is 0.538. The van der Waals surface area contributed by atoms with Gasteiger partial charge in [0.15, 0.2) is 0 Å². The van der Waals surface area contributed by atoms with E-state index >= 15 is 0 Å². The van der Waals surface area contributed by atoms with E-state index in [0.29, 0.717) is 10.9 Å². The highest BCUT2D eigenvalue weighted by molar-refractivity contribution is 7.99. The molecule has 0 aliphatic heterocycles. The molecule has 0 spiro atoms. The first-order valence-corrected chi connectivity index (χ1v) is 9.29. The van der Waals surface area contributed by atoms with Crippen LogP contribution in [-0.4, -0.2) is 25.5 Å². The molecule has 0 saturated heterocycles. The van der Waals surface area contributed by atoms with Crippen LogP contribution in [0.3, 0.4) is 0 Å². The molecule has 0 radical (unpaired) electrons. The van der Waals surface area contributed by atoms with E-state index in [4.69, 9.17) is 5.84 Å². The molecule has 1 saturated carbocycles. The summed E-state index contributed by atoms with van der Waals surface area (Å²) >= 11 is 1.90. The van der Waals surface area contributed by atoms with Crippen molar-refractivity contribution < 1.29 is 8.42 Å². The Hall–Kier alpha value is -0.760. The molecule has 2 atom stereocenters. The molecule has 7 heteroatoms. The number of hydrazine groups is 1. The van der Waals surface area contributed by atoms with Crippen molar-refractivity contribution in [2.75, 3.05) is 11.2 Å². The number of benzene rings is 1. The van der Waals surface area contributed by atoms with Crippen LogP contribution >= 0.6 is 11.8 Å². The summed E-state index contributed by atoms with van der Waals surface area (Å²) in [4.78, 5) is 0.203. The van der Waals surface area contributed by atoms with Gasteiger partial charge in [-0.15, -0.1) is 0 Å². The Morgan fingerprint density at radius 2 is 2.10 bits per heavy atom. The molecule has 1 aliphatic carbocycles. The molecule has 0 bridgehead atoms. The fourth-order valence-corrected chi connectivity index (χ4v) is 5.13. The summed E-state index contributed by atoms with van der Waals surface area (Å²) in [7, 11) is -3.53. The molecule has 2 rings (SSSR count). The van der Waals surface area contributed by atoms with Crippen molar-refractivity contribution in [3.05, 3.63) is 24.3 Å². The second kappa shape index (κ2) is 6.80. The van der Waals surface area contributed by atoms with E-state index in [9.17, 15) is 8.42 Å². The topological polar surface area (TPSA) is 84.2 Å². The molecular formula is C13H21N3O2S2. The van der Waals surface area contributed by atoms with Gasteiger partial charge < -0.3 is 5.43 Å². The Morgan fingerprint density at radius 3 is 2.80 bits per heavy atom. The molecule has 1 aliphatic rings. The van der Waals surface area contributed by atoms with Crippen LogP contribution in [0.4, 0.5) is 5.69 Å². The van der Waals surface area contributed by atoms with Crippen LogP contribution in [0.5, 0.6) is 0 Å². The van der Waals surface area contributed by atoms with Gasteiger partial charge in [0.2, 0.25) is 10.0 Å². The summed E-state index contributed by atoms with van der Waals surface area (Å²) < 4.78 is 27.6. The summed E-state index contributed by atoms with van der Waals surface area (Å²) in [5.41, 5.74) is 2.85. The van der Waals surface area contributed by atoms with Crippen molar-refractivity contribution in [3.8, 4) is 0 Å². The number of nitrogens with two attached hydrogens (primary N) is 1. The van der Waals surface area contributed by atoms with E-state index in [1.807, 2.05) is 11.8 Å². The molecular weight excluding hydrogens is 294 g/mol. The van der Waals surface area contributed by atoms with E-state index in [1.54, 1.807) is 24.3 Å².